The van der Waals surface area contributed by atoms with Crippen LogP contribution in [0.2, 0.25) is 0 Å². The van der Waals surface area contributed by atoms with Crippen LogP contribution in [0.25, 0.3) is 0 Å². The van der Waals surface area contributed by atoms with Crippen LogP contribution >= 0.6 is 11.3 Å². The number of carbonyl (C=O) groups is 1. The summed E-state index contributed by atoms with van der Waals surface area (Å²) in [4.78, 5) is 18.3. The smallest absolute Gasteiger partial charge is 0.233 e. The van der Waals surface area contributed by atoms with E-state index in [0.717, 1.165) is 12.1 Å². The summed E-state index contributed by atoms with van der Waals surface area (Å²) in [6.45, 7) is 8.55. The zero-order chi connectivity index (χ0) is 20.4. The molecule has 0 radical (unpaired) electrons. The standard InChI is InChI=1S/C25H26N2OS/c1-24(2,3)20-14-29-23(26-20)27-22(28)25(4)13-19-15-9-5-7-11-17(15)21(25)18-12-8-6-10-16(18)19/h5-12,14,19,21H,13H2,1-4H3,(H,26,27,28). The van der Waals surface area contributed by atoms with Crippen LogP contribution in [0.15, 0.2) is 53.9 Å². The van der Waals surface area contributed by atoms with E-state index in [2.05, 4.69) is 91.9 Å². The number of hydrogen-bond donors (Lipinski definition) is 1. The van der Waals surface area contributed by atoms with Crippen molar-refractivity contribution in [3.05, 3.63) is 81.9 Å². The second-order valence-electron chi connectivity index (χ2n) is 9.61. The first-order chi connectivity index (χ1) is 13.8. The molecule has 2 bridgehead atoms. The van der Waals surface area contributed by atoms with E-state index in [1.165, 1.54) is 33.6 Å². The quantitative estimate of drug-likeness (QED) is 0.565. The number of amides is 1. The van der Waals surface area contributed by atoms with Crippen LogP contribution in [0.1, 0.15) is 73.9 Å². The molecule has 1 amide bonds. The Kier molecular flexibility index (Phi) is 4.01. The van der Waals surface area contributed by atoms with Gasteiger partial charge in [-0.1, -0.05) is 69.3 Å². The van der Waals surface area contributed by atoms with Crippen LogP contribution in [0.3, 0.4) is 0 Å². The van der Waals surface area contributed by atoms with Crippen molar-refractivity contribution < 1.29 is 4.79 Å². The molecule has 0 aliphatic heterocycles. The number of nitrogens with zero attached hydrogens (tertiary/aromatic N) is 1. The van der Waals surface area contributed by atoms with Gasteiger partial charge in [-0.3, -0.25) is 4.79 Å². The predicted octanol–water partition coefficient (Wildman–Crippen LogP) is 6.07. The third-order valence-corrected chi connectivity index (χ3v) is 7.40. The molecule has 3 aromatic rings. The molecule has 1 atom stereocenters. The Labute approximate surface area is 176 Å². The first kappa shape index (κ1) is 18.6. The fraction of sp³-hybridized carbons (Fsp3) is 0.360. The molecule has 1 unspecified atom stereocenters. The number of benzene rings is 2. The van der Waals surface area contributed by atoms with Crippen molar-refractivity contribution in [3.63, 3.8) is 0 Å². The highest BCUT2D eigenvalue weighted by Gasteiger charge is 2.53. The molecule has 29 heavy (non-hydrogen) atoms. The number of nitrogens with one attached hydrogen (secondary N) is 1. The minimum Gasteiger partial charge on any atom is -0.301 e. The normalized spacial score (nSPS) is 24.7. The number of anilines is 1. The Morgan fingerprint density at radius 2 is 1.59 bits per heavy atom. The van der Waals surface area contributed by atoms with Crippen LogP contribution in [-0.4, -0.2) is 10.9 Å². The fourth-order valence-corrected chi connectivity index (χ4v) is 6.04. The van der Waals surface area contributed by atoms with Crippen LogP contribution in [0.5, 0.6) is 0 Å². The molecule has 3 aliphatic carbocycles. The molecule has 1 heterocycles. The Balaban J connectivity index is 1.54. The summed E-state index contributed by atoms with van der Waals surface area (Å²) < 4.78 is 0. The number of thiazole rings is 1. The zero-order valence-corrected chi connectivity index (χ0v) is 18.1. The van der Waals surface area contributed by atoms with Crippen molar-refractivity contribution in [2.24, 2.45) is 5.41 Å². The summed E-state index contributed by atoms with van der Waals surface area (Å²) in [6, 6.07) is 17.3. The highest BCUT2D eigenvalue weighted by Crippen LogP contribution is 2.61. The summed E-state index contributed by atoms with van der Waals surface area (Å²) in [5, 5.41) is 5.91. The van der Waals surface area contributed by atoms with E-state index in [-0.39, 0.29) is 23.2 Å². The summed E-state index contributed by atoms with van der Waals surface area (Å²) in [6.07, 6.45) is 0.828. The molecule has 0 fully saturated rings. The second kappa shape index (κ2) is 6.27. The Bertz CT molecular complexity index is 1060. The molecule has 0 spiro atoms. The molecular formula is C25H26N2OS. The molecule has 4 heteroatoms. The maximum atomic E-state index is 13.6. The van der Waals surface area contributed by atoms with Gasteiger partial charge in [-0.25, -0.2) is 4.98 Å². The Hall–Kier alpha value is -2.46. The van der Waals surface area contributed by atoms with Gasteiger partial charge < -0.3 is 5.32 Å². The molecule has 1 aromatic heterocycles. The van der Waals surface area contributed by atoms with Crippen molar-refractivity contribution in [3.8, 4) is 0 Å². The van der Waals surface area contributed by atoms with Crippen molar-refractivity contribution >= 4 is 22.4 Å². The van der Waals surface area contributed by atoms with Crippen LogP contribution in [0.4, 0.5) is 5.13 Å². The lowest BCUT2D eigenvalue weighted by molar-refractivity contribution is -0.126. The minimum absolute atomic E-state index is 0.0227. The van der Waals surface area contributed by atoms with Gasteiger partial charge in [0.15, 0.2) is 5.13 Å². The third-order valence-electron chi connectivity index (χ3n) is 6.64. The number of fused-ring (bicyclic) bond motifs is 1. The third kappa shape index (κ3) is 2.77. The largest absolute Gasteiger partial charge is 0.301 e. The highest BCUT2D eigenvalue weighted by molar-refractivity contribution is 7.14. The zero-order valence-electron chi connectivity index (χ0n) is 17.3. The molecule has 0 saturated carbocycles. The van der Waals surface area contributed by atoms with Crippen LogP contribution in [-0.2, 0) is 10.2 Å². The molecule has 0 saturated heterocycles. The van der Waals surface area contributed by atoms with E-state index in [1.54, 1.807) is 0 Å². The fourth-order valence-electron chi connectivity index (χ4n) is 5.10. The summed E-state index contributed by atoms with van der Waals surface area (Å²) >= 11 is 1.52. The van der Waals surface area contributed by atoms with Gasteiger partial charge >= 0.3 is 0 Å². The average Bonchev–Trinajstić information content (AvgIpc) is 3.17. The topological polar surface area (TPSA) is 42.0 Å². The summed E-state index contributed by atoms with van der Waals surface area (Å²) in [5.41, 5.74) is 5.86. The maximum absolute atomic E-state index is 13.6. The lowest BCUT2D eigenvalue weighted by Crippen LogP contribution is -2.47. The van der Waals surface area contributed by atoms with Gasteiger partial charge in [-0.15, -0.1) is 11.3 Å². The molecule has 3 nitrogen and oxygen atoms in total. The predicted molar refractivity (Wildman–Crippen MR) is 119 cm³/mol. The van der Waals surface area contributed by atoms with Crippen molar-refractivity contribution in [1.29, 1.82) is 0 Å². The van der Waals surface area contributed by atoms with Crippen molar-refractivity contribution in [2.75, 3.05) is 5.32 Å². The lowest BCUT2D eigenvalue weighted by atomic mass is 9.52. The first-order valence-electron chi connectivity index (χ1n) is 10.2. The molecule has 1 N–H and O–H groups in total. The van der Waals surface area contributed by atoms with Gasteiger partial charge in [0.05, 0.1) is 11.1 Å². The molecule has 3 aliphatic rings. The van der Waals surface area contributed by atoms with Gasteiger partial charge in [0.25, 0.3) is 0 Å². The van der Waals surface area contributed by atoms with E-state index >= 15 is 0 Å². The van der Waals surface area contributed by atoms with Crippen LogP contribution in [0, 0.1) is 5.41 Å². The average molecular weight is 403 g/mol. The first-order valence-corrected chi connectivity index (χ1v) is 11.1. The summed E-state index contributed by atoms with van der Waals surface area (Å²) in [5.74, 6) is 0.415. The Morgan fingerprint density at radius 1 is 1.03 bits per heavy atom. The van der Waals surface area contributed by atoms with E-state index in [9.17, 15) is 4.79 Å². The van der Waals surface area contributed by atoms with E-state index in [1.807, 2.05) is 0 Å². The minimum atomic E-state index is -0.499. The van der Waals surface area contributed by atoms with Gasteiger partial charge in [0, 0.05) is 22.6 Å². The van der Waals surface area contributed by atoms with Crippen molar-refractivity contribution in [2.45, 2.75) is 51.4 Å². The maximum Gasteiger partial charge on any atom is 0.233 e. The monoisotopic (exact) mass is 402 g/mol. The highest BCUT2D eigenvalue weighted by atomic mass is 32.1. The second-order valence-corrected chi connectivity index (χ2v) is 10.5. The number of rotatable bonds is 2. The van der Waals surface area contributed by atoms with E-state index in [0.29, 0.717) is 5.13 Å². The van der Waals surface area contributed by atoms with Gasteiger partial charge in [0.2, 0.25) is 5.91 Å². The molecule has 6 rings (SSSR count). The molecule has 148 valence electrons. The summed E-state index contributed by atoms with van der Waals surface area (Å²) in [7, 11) is 0. The van der Waals surface area contributed by atoms with Crippen LogP contribution < -0.4 is 5.32 Å². The number of hydrogen-bond acceptors (Lipinski definition) is 3. The Morgan fingerprint density at radius 3 is 2.10 bits per heavy atom. The van der Waals surface area contributed by atoms with Gasteiger partial charge in [0.1, 0.15) is 0 Å². The van der Waals surface area contributed by atoms with Gasteiger partial charge in [-0.05, 0) is 35.6 Å². The number of aromatic nitrogens is 1. The van der Waals surface area contributed by atoms with E-state index < -0.39 is 5.41 Å². The van der Waals surface area contributed by atoms with Gasteiger partial charge in [-0.2, -0.15) is 0 Å². The van der Waals surface area contributed by atoms with Crippen molar-refractivity contribution in [1.82, 2.24) is 4.98 Å². The number of carbonyl (C=O) groups excluding carboxylic acids is 1. The van der Waals surface area contributed by atoms with E-state index in [4.69, 9.17) is 0 Å². The SMILES string of the molecule is CC(C)(C)c1csc(NC(=O)C2(C)CC3c4ccccc4C2c2ccccc23)n1. The molecule has 2 aromatic carbocycles. The molecular weight excluding hydrogens is 376 g/mol. The lowest BCUT2D eigenvalue weighted by Gasteiger charge is -2.50.